The summed E-state index contributed by atoms with van der Waals surface area (Å²) in [6.07, 6.45) is 3.14. The Hall–Kier alpha value is -2.26. The zero-order valence-corrected chi connectivity index (χ0v) is 13.0. The topological polar surface area (TPSA) is 70.8 Å². The van der Waals surface area contributed by atoms with Gasteiger partial charge in [-0.1, -0.05) is 25.1 Å². The second-order valence-corrected chi connectivity index (χ2v) is 6.23. The Bertz CT molecular complexity index is 770. The summed E-state index contributed by atoms with van der Waals surface area (Å²) in [6.45, 7) is 5.32. The minimum atomic E-state index is -0.365. The maximum absolute atomic E-state index is 11.6. The number of carbonyl (C=O) groups excluding carboxylic acids is 1. The van der Waals surface area contributed by atoms with Crippen LogP contribution >= 0.6 is 0 Å². The molecule has 0 spiro atoms. The molecular formula is C17H20N4O. The highest BCUT2D eigenvalue weighted by Gasteiger charge is 2.38. The van der Waals surface area contributed by atoms with Crippen molar-refractivity contribution in [2.75, 3.05) is 0 Å². The fourth-order valence-electron chi connectivity index (χ4n) is 3.89. The quantitative estimate of drug-likeness (QED) is 0.465. The fraction of sp³-hybridized carbons (Fsp3) is 0.471. The number of hydrogen-bond donors (Lipinski definition) is 0. The van der Waals surface area contributed by atoms with Crippen LogP contribution in [-0.4, -0.2) is 10.5 Å². The summed E-state index contributed by atoms with van der Waals surface area (Å²) < 4.78 is 2.38. The first-order chi connectivity index (χ1) is 10.6. The third-order valence-corrected chi connectivity index (χ3v) is 4.94. The molecule has 3 rings (SSSR count). The van der Waals surface area contributed by atoms with Crippen molar-refractivity contribution in [3.05, 3.63) is 46.0 Å². The normalized spacial score (nSPS) is 19.9. The highest BCUT2D eigenvalue weighted by atomic mass is 16.1. The van der Waals surface area contributed by atoms with Gasteiger partial charge in [-0.2, -0.15) is 0 Å². The Morgan fingerprint density at radius 3 is 2.95 bits per heavy atom. The van der Waals surface area contributed by atoms with E-state index in [4.69, 9.17) is 5.53 Å². The van der Waals surface area contributed by atoms with Crippen molar-refractivity contribution >= 4 is 16.8 Å². The van der Waals surface area contributed by atoms with Crippen LogP contribution < -0.4 is 0 Å². The third kappa shape index (κ3) is 2.18. The number of amides is 1. The third-order valence-electron chi connectivity index (χ3n) is 4.94. The number of aryl methyl sites for hydroxylation is 2. The van der Waals surface area contributed by atoms with Gasteiger partial charge in [-0.05, 0) is 48.5 Å². The van der Waals surface area contributed by atoms with Crippen LogP contribution in [0.25, 0.3) is 21.3 Å². The number of para-hydroxylation sites is 1. The lowest BCUT2D eigenvalue weighted by Gasteiger charge is -2.26. The van der Waals surface area contributed by atoms with Crippen LogP contribution in [0.2, 0.25) is 0 Å². The van der Waals surface area contributed by atoms with Gasteiger partial charge in [-0.15, -0.1) is 0 Å². The average molecular weight is 296 g/mol. The largest absolute Gasteiger partial charge is 0.344 e. The molecule has 1 aromatic heterocycles. The molecular weight excluding hydrogens is 276 g/mol. The lowest BCUT2D eigenvalue weighted by atomic mass is 9.82. The van der Waals surface area contributed by atoms with Crippen LogP contribution in [0.5, 0.6) is 0 Å². The lowest BCUT2D eigenvalue weighted by Crippen LogP contribution is -2.23. The first-order valence-electron chi connectivity index (χ1n) is 7.79. The Morgan fingerprint density at radius 2 is 2.23 bits per heavy atom. The van der Waals surface area contributed by atoms with Gasteiger partial charge in [0.05, 0.1) is 0 Å². The van der Waals surface area contributed by atoms with E-state index in [0.717, 1.165) is 25.8 Å². The van der Waals surface area contributed by atoms with Crippen molar-refractivity contribution in [3.8, 4) is 0 Å². The van der Waals surface area contributed by atoms with E-state index >= 15 is 0 Å². The van der Waals surface area contributed by atoms with Crippen LogP contribution in [-0.2, 0) is 23.2 Å². The summed E-state index contributed by atoms with van der Waals surface area (Å²) in [4.78, 5) is 14.1. The summed E-state index contributed by atoms with van der Waals surface area (Å²) in [7, 11) is 0. The molecule has 1 aromatic carbocycles. The second kappa shape index (κ2) is 5.50. The van der Waals surface area contributed by atoms with E-state index in [2.05, 4.69) is 52.7 Å². The van der Waals surface area contributed by atoms with Gasteiger partial charge >= 0.3 is 0 Å². The molecule has 0 saturated heterocycles. The summed E-state index contributed by atoms with van der Waals surface area (Å²) in [6, 6.07) is 8.52. The summed E-state index contributed by atoms with van der Waals surface area (Å²) in [5.41, 5.74) is 12.4. The molecule has 2 aromatic rings. The molecule has 1 atom stereocenters. The minimum absolute atomic E-state index is 0.0228. The number of nitrogens with zero attached hydrogens (tertiary/aromatic N) is 4. The number of hydrogen-bond acceptors (Lipinski definition) is 1. The van der Waals surface area contributed by atoms with Crippen LogP contribution in [0.15, 0.2) is 29.4 Å². The Kier molecular flexibility index (Phi) is 3.67. The molecule has 0 N–H and O–H groups in total. The monoisotopic (exact) mass is 296 g/mol. The maximum Gasteiger partial charge on any atom is 0.218 e. The molecule has 1 unspecified atom stereocenters. The Morgan fingerprint density at radius 1 is 1.45 bits per heavy atom. The molecule has 1 amide bonds. The van der Waals surface area contributed by atoms with Gasteiger partial charge in [0.2, 0.25) is 5.91 Å². The zero-order valence-electron chi connectivity index (χ0n) is 13.0. The van der Waals surface area contributed by atoms with Gasteiger partial charge in [-0.25, -0.2) is 0 Å². The maximum atomic E-state index is 11.6. The molecule has 0 aliphatic heterocycles. The zero-order chi connectivity index (χ0) is 15.7. The molecule has 0 saturated carbocycles. The van der Waals surface area contributed by atoms with Gasteiger partial charge < -0.3 is 4.57 Å². The van der Waals surface area contributed by atoms with Gasteiger partial charge in [0.1, 0.15) is 0 Å². The fourth-order valence-corrected chi connectivity index (χ4v) is 3.89. The van der Waals surface area contributed by atoms with Crippen molar-refractivity contribution in [1.29, 1.82) is 0 Å². The van der Waals surface area contributed by atoms with Crippen LogP contribution in [0.4, 0.5) is 0 Å². The molecule has 5 heteroatoms. The molecule has 0 fully saturated rings. The first-order valence-corrected chi connectivity index (χ1v) is 7.79. The lowest BCUT2D eigenvalue weighted by molar-refractivity contribution is -0.118. The highest BCUT2D eigenvalue weighted by Crippen LogP contribution is 2.46. The SMILES string of the molecule is CCn1c2c(c3ccccc31)CCC2(C)CCC(=O)N=[N+]=[N-]. The highest BCUT2D eigenvalue weighted by molar-refractivity contribution is 5.87. The van der Waals surface area contributed by atoms with Gasteiger partial charge in [0.15, 0.2) is 0 Å². The van der Waals surface area contributed by atoms with Crippen molar-refractivity contribution in [3.63, 3.8) is 0 Å². The van der Waals surface area contributed by atoms with Crippen LogP contribution in [0.3, 0.4) is 0 Å². The molecule has 1 aliphatic carbocycles. The van der Waals surface area contributed by atoms with Gasteiger partial charge in [0, 0.05) is 39.9 Å². The Balaban J connectivity index is 2.03. The minimum Gasteiger partial charge on any atom is -0.344 e. The van der Waals surface area contributed by atoms with Gasteiger partial charge in [-0.3, -0.25) is 4.79 Å². The molecule has 1 aliphatic rings. The van der Waals surface area contributed by atoms with E-state index in [1.807, 2.05) is 0 Å². The average Bonchev–Trinajstić information content (AvgIpc) is 3.02. The van der Waals surface area contributed by atoms with Crippen molar-refractivity contribution in [2.24, 2.45) is 5.11 Å². The van der Waals surface area contributed by atoms with Crippen molar-refractivity contribution in [1.82, 2.24) is 4.57 Å². The van der Waals surface area contributed by atoms with E-state index < -0.39 is 0 Å². The van der Waals surface area contributed by atoms with E-state index in [1.165, 1.54) is 22.2 Å². The van der Waals surface area contributed by atoms with E-state index in [0.29, 0.717) is 6.42 Å². The van der Waals surface area contributed by atoms with Crippen LogP contribution in [0.1, 0.15) is 44.4 Å². The van der Waals surface area contributed by atoms with Gasteiger partial charge in [0.25, 0.3) is 0 Å². The number of benzene rings is 1. The smallest absolute Gasteiger partial charge is 0.218 e. The number of fused-ring (bicyclic) bond motifs is 3. The number of carbonyl (C=O) groups is 1. The number of aromatic nitrogens is 1. The first kappa shape index (κ1) is 14.7. The van der Waals surface area contributed by atoms with Crippen LogP contribution in [0, 0.1) is 0 Å². The molecule has 22 heavy (non-hydrogen) atoms. The predicted octanol–water partition coefficient (Wildman–Crippen LogP) is 4.48. The van der Waals surface area contributed by atoms with E-state index in [1.54, 1.807) is 0 Å². The standard InChI is InChI=1S/C17H20N4O/c1-3-21-14-7-5-4-6-12(14)13-8-10-17(2,16(13)21)11-9-15(22)19-20-18/h4-7H,3,8-11H2,1-2H3. The molecule has 1 heterocycles. The summed E-state index contributed by atoms with van der Waals surface area (Å²) >= 11 is 0. The van der Waals surface area contributed by atoms with Crippen molar-refractivity contribution in [2.45, 2.75) is 51.5 Å². The summed E-state index contributed by atoms with van der Waals surface area (Å²) in [5, 5.41) is 4.53. The molecule has 114 valence electrons. The van der Waals surface area contributed by atoms with Crippen molar-refractivity contribution < 1.29 is 4.79 Å². The second-order valence-electron chi connectivity index (χ2n) is 6.23. The molecule has 5 nitrogen and oxygen atoms in total. The number of rotatable bonds is 4. The van der Waals surface area contributed by atoms with E-state index in [9.17, 15) is 4.79 Å². The molecule has 0 bridgehead atoms. The predicted molar refractivity (Wildman–Crippen MR) is 86.7 cm³/mol. The molecule has 0 radical (unpaired) electrons. The Labute approximate surface area is 129 Å². The number of azide groups is 1. The van der Waals surface area contributed by atoms with E-state index in [-0.39, 0.29) is 11.3 Å². The summed E-state index contributed by atoms with van der Waals surface area (Å²) in [5.74, 6) is -0.365.